The zero-order valence-corrected chi connectivity index (χ0v) is 17.4. The van der Waals surface area contributed by atoms with Gasteiger partial charge in [-0.25, -0.2) is 9.97 Å². The summed E-state index contributed by atoms with van der Waals surface area (Å²) in [6.45, 7) is 3.78. The van der Waals surface area contributed by atoms with Crippen LogP contribution < -0.4 is 15.5 Å². The van der Waals surface area contributed by atoms with E-state index < -0.39 is 0 Å². The second-order valence-electron chi connectivity index (χ2n) is 6.86. The van der Waals surface area contributed by atoms with Gasteiger partial charge in [-0.05, 0) is 43.5 Å². The topological polar surface area (TPSA) is 87.2 Å². The molecular weight excluding hydrogens is 422 g/mol. The quantitative estimate of drug-likeness (QED) is 0.713. The molecule has 148 valence electrons. The minimum absolute atomic E-state index is 0.0140. The maximum absolute atomic E-state index is 12.4. The fraction of sp³-hybridized carbons (Fsp3) is 0.400. The highest BCUT2D eigenvalue weighted by Crippen LogP contribution is 2.21. The SMILES string of the molecule is Cc1ccc(Br)cc1NC(=O)CCNC(=O)C1CCN(c2ncccn2)CC1. The number of aryl methyl sites for hydroxylation is 1. The third-order valence-corrected chi connectivity index (χ3v) is 5.32. The first kappa shape index (κ1) is 20.3. The van der Waals surface area contributed by atoms with Crippen molar-refractivity contribution in [2.45, 2.75) is 26.2 Å². The Morgan fingerprint density at radius 2 is 1.93 bits per heavy atom. The number of nitrogens with zero attached hydrogens (tertiary/aromatic N) is 3. The molecule has 2 amide bonds. The fourth-order valence-corrected chi connectivity index (χ4v) is 3.54. The number of benzene rings is 1. The molecule has 0 atom stereocenters. The molecule has 0 spiro atoms. The van der Waals surface area contributed by atoms with Gasteiger partial charge in [0.1, 0.15) is 0 Å². The Labute approximate surface area is 173 Å². The van der Waals surface area contributed by atoms with Crippen LogP contribution in [0.2, 0.25) is 0 Å². The number of piperidine rings is 1. The predicted molar refractivity (Wildman–Crippen MR) is 112 cm³/mol. The molecule has 1 aliphatic heterocycles. The van der Waals surface area contributed by atoms with E-state index in [9.17, 15) is 9.59 Å². The average Bonchev–Trinajstić information content (AvgIpc) is 2.71. The number of halogens is 1. The number of rotatable bonds is 6. The molecule has 2 heterocycles. The average molecular weight is 446 g/mol. The summed E-state index contributed by atoms with van der Waals surface area (Å²) in [4.78, 5) is 35.1. The van der Waals surface area contributed by atoms with Crippen molar-refractivity contribution in [1.82, 2.24) is 15.3 Å². The van der Waals surface area contributed by atoms with E-state index in [2.05, 4.69) is 41.4 Å². The maximum atomic E-state index is 12.4. The van der Waals surface area contributed by atoms with Crippen molar-refractivity contribution < 1.29 is 9.59 Å². The van der Waals surface area contributed by atoms with Crippen molar-refractivity contribution in [2.24, 2.45) is 5.92 Å². The van der Waals surface area contributed by atoms with Crippen LogP contribution in [0.25, 0.3) is 0 Å². The third-order valence-electron chi connectivity index (χ3n) is 4.83. The van der Waals surface area contributed by atoms with Crippen molar-refractivity contribution >= 4 is 39.4 Å². The van der Waals surface area contributed by atoms with E-state index in [0.717, 1.165) is 41.7 Å². The van der Waals surface area contributed by atoms with Gasteiger partial charge < -0.3 is 15.5 Å². The highest BCUT2D eigenvalue weighted by Gasteiger charge is 2.25. The molecule has 1 aromatic heterocycles. The van der Waals surface area contributed by atoms with Crippen LogP contribution in [0.4, 0.5) is 11.6 Å². The number of nitrogens with one attached hydrogen (secondary N) is 2. The van der Waals surface area contributed by atoms with Crippen LogP contribution in [0, 0.1) is 12.8 Å². The predicted octanol–water partition coefficient (Wildman–Crippen LogP) is 2.91. The minimum atomic E-state index is -0.113. The van der Waals surface area contributed by atoms with Crippen LogP contribution >= 0.6 is 15.9 Å². The van der Waals surface area contributed by atoms with Crippen LogP contribution in [0.15, 0.2) is 41.1 Å². The van der Waals surface area contributed by atoms with Crippen molar-refractivity contribution in [2.75, 3.05) is 29.9 Å². The Morgan fingerprint density at radius 3 is 2.64 bits per heavy atom. The molecule has 28 heavy (non-hydrogen) atoms. The van der Waals surface area contributed by atoms with E-state index in [0.29, 0.717) is 12.5 Å². The summed E-state index contributed by atoms with van der Waals surface area (Å²) in [5.41, 5.74) is 1.77. The zero-order valence-electron chi connectivity index (χ0n) is 15.8. The summed E-state index contributed by atoms with van der Waals surface area (Å²) in [6, 6.07) is 7.53. The Morgan fingerprint density at radius 1 is 1.21 bits per heavy atom. The lowest BCUT2D eigenvalue weighted by molar-refractivity contribution is -0.125. The Bertz CT molecular complexity index is 823. The summed E-state index contributed by atoms with van der Waals surface area (Å²) in [5.74, 6) is 0.578. The summed E-state index contributed by atoms with van der Waals surface area (Å²) >= 11 is 3.40. The molecule has 1 aliphatic rings. The lowest BCUT2D eigenvalue weighted by Gasteiger charge is -2.31. The molecule has 2 aromatic rings. The van der Waals surface area contributed by atoms with Gasteiger partial charge in [0, 0.05) is 54.5 Å². The van der Waals surface area contributed by atoms with Gasteiger partial charge in [0.2, 0.25) is 17.8 Å². The zero-order chi connectivity index (χ0) is 19.9. The standard InChI is InChI=1S/C20H24BrN5O2/c1-14-3-4-16(21)13-17(14)25-18(27)5-10-22-19(28)15-6-11-26(12-7-15)20-23-8-2-9-24-20/h2-4,8-9,13,15H,5-7,10-12H2,1H3,(H,22,28)(H,25,27). The van der Waals surface area contributed by atoms with Gasteiger partial charge in [-0.1, -0.05) is 22.0 Å². The van der Waals surface area contributed by atoms with Gasteiger partial charge in [0.15, 0.2) is 0 Å². The Hall–Kier alpha value is -2.48. The summed E-state index contributed by atoms with van der Waals surface area (Å²) in [6.07, 6.45) is 5.21. The fourth-order valence-electron chi connectivity index (χ4n) is 3.18. The molecule has 8 heteroatoms. The monoisotopic (exact) mass is 445 g/mol. The van der Waals surface area contributed by atoms with Gasteiger partial charge in [-0.15, -0.1) is 0 Å². The van der Waals surface area contributed by atoms with Gasteiger partial charge in [0.25, 0.3) is 0 Å². The molecule has 0 unspecified atom stereocenters. The lowest BCUT2D eigenvalue weighted by atomic mass is 9.96. The molecule has 0 aliphatic carbocycles. The van der Waals surface area contributed by atoms with E-state index in [-0.39, 0.29) is 24.2 Å². The Balaban J connectivity index is 1.39. The maximum Gasteiger partial charge on any atom is 0.226 e. The van der Waals surface area contributed by atoms with Crippen LogP contribution in [0.1, 0.15) is 24.8 Å². The summed E-state index contributed by atoms with van der Waals surface area (Å²) in [7, 11) is 0. The van der Waals surface area contributed by atoms with Gasteiger partial charge >= 0.3 is 0 Å². The van der Waals surface area contributed by atoms with Gasteiger partial charge in [-0.2, -0.15) is 0 Å². The number of anilines is 2. The highest BCUT2D eigenvalue weighted by molar-refractivity contribution is 9.10. The van der Waals surface area contributed by atoms with Gasteiger partial charge in [0.05, 0.1) is 0 Å². The largest absolute Gasteiger partial charge is 0.355 e. The number of carbonyl (C=O) groups is 2. The molecule has 0 saturated carbocycles. The molecule has 1 aromatic carbocycles. The van der Waals surface area contributed by atoms with Crippen molar-refractivity contribution in [3.63, 3.8) is 0 Å². The first-order valence-electron chi connectivity index (χ1n) is 9.38. The molecule has 1 fully saturated rings. The molecule has 0 bridgehead atoms. The number of aromatic nitrogens is 2. The van der Waals surface area contributed by atoms with E-state index >= 15 is 0 Å². The lowest BCUT2D eigenvalue weighted by Crippen LogP contribution is -2.41. The summed E-state index contributed by atoms with van der Waals surface area (Å²) in [5, 5.41) is 5.78. The van der Waals surface area contributed by atoms with Crippen molar-refractivity contribution in [3.05, 3.63) is 46.7 Å². The number of hydrogen-bond donors (Lipinski definition) is 2. The molecule has 0 radical (unpaired) electrons. The van der Waals surface area contributed by atoms with E-state index in [4.69, 9.17) is 0 Å². The number of amides is 2. The second-order valence-corrected chi connectivity index (χ2v) is 7.77. The molecular formula is C20H24BrN5O2. The molecule has 1 saturated heterocycles. The van der Waals surface area contributed by atoms with Crippen molar-refractivity contribution in [3.8, 4) is 0 Å². The Kier molecular flexibility index (Phi) is 6.97. The summed E-state index contributed by atoms with van der Waals surface area (Å²) < 4.78 is 0.911. The number of hydrogen-bond acceptors (Lipinski definition) is 5. The van der Waals surface area contributed by atoms with Crippen LogP contribution in [0.3, 0.4) is 0 Å². The highest BCUT2D eigenvalue weighted by atomic mass is 79.9. The van der Waals surface area contributed by atoms with Crippen molar-refractivity contribution in [1.29, 1.82) is 0 Å². The smallest absolute Gasteiger partial charge is 0.226 e. The van der Waals surface area contributed by atoms with Gasteiger partial charge in [-0.3, -0.25) is 9.59 Å². The first-order chi connectivity index (χ1) is 13.5. The van der Waals surface area contributed by atoms with E-state index in [1.165, 1.54) is 0 Å². The molecule has 2 N–H and O–H groups in total. The van der Waals surface area contributed by atoms with Crippen LogP contribution in [0.5, 0.6) is 0 Å². The van der Waals surface area contributed by atoms with E-state index in [1.807, 2.05) is 25.1 Å². The first-order valence-corrected chi connectivity index (χ1v) is 10.2. The normalized spacial score (nSPS) is 14.6. The molecule has 7 nitrogen and oxygen atoms in total. The minimum Gasteiger partial charge on any atom is -0.355 e. The second kappa shape index (κ2) is 9.64. The van der Waals surface area contributed by atoms with E-state index in [1.54, 1.807) is 18.5 Å². The van der Waals surface area contributed by atoms with Crippen LogP contribution in [-0.2, 0) is 9.59 Å². The third kappa shape index (κ3) is 5.51. The number of carbonyl (C=O) groups excluding carboxylic acids is 2. The molecule has 3 rings (SSSR count). The van der Waals surface area contributed by atoms with Crippen LogP contribution in [-0.4, -0.2) is 41.4 Å².